The van der Waals surface area contributed by atoms with Crippen LogP contribution in [0.4, 0.5) is 5.69 Å². The fraction of sp³-hybridized carbons (Fsp3) is 0.231. The topological polar surface area (TPSA) is 139 Å². The smallest absolute Gasteiger partial charge is 0.346 e. The summed E-state index contributed by atoms with van der Waals surface area (Å²) in [5.74, 6) is -0.202. The molecule has 0 amide bonds. The maximum absolute atomic E-state index is 13.7. The summed E-state index contributed by atoms with van der Waals surface area (Å²) in [7, 11) is -2.26. The number of methoxy groups -OCH3 is 1. The van der Waals surface area contributed by atoms with Crippen LogP contribution >= 0.6 is 0 Å². The average Bonchev–Trinajstić information content (AvgIpc) is 2.91. The number of esters is 1. The number of aromatic nitrogens is 3. The Morgan fingerprint density at radius 1 is 1.05 bits per heavy atom. The Bertz CT molecular complexity index is 1620. The van der Waals surface area contributed by atoms with Crippen molar-refractivity contribution in [1.29, 1.82) is 0 Å². The minimum atomic E-state index is -3.82. The van der Waals surface area contributed by atoms with Crippen molar-refractivity contribution in [3.8, 4) is 5.75 Å². The van der Waals surface area contributed by atoms with Crippen molar-refractivity contribution < 1.29 is 27.5 Å². The van der Waals surface area contributed by atoms with Crippen LogP contribution in [0.1, 0.15) is 28.4 Å². The average molecular weight is 539 g/mol. The van der Waals surface area contributed by atoms with Gasteiger partial charge in [0.05, 0.1) is 24.8 Å². The number of hydrogen-bond acceptors (Lipinski definition) is 10. The number of sulfone groups is 1. The predicted molar refractivity (Wildman–Crippen MR) is 140 cm³/mol. The van der Waals surface area contributed by atoms with Gasteiger partial charge in [-0.15, -0.1) is 4.73 Å². The van der Waals surface area contributed by atoms with Gasteiger partial charge in [-0.1, -0.05) is 42.5 Å². The minimum Gasteiger partial charge on any atom is -0.497 e. The van der Waals surface area contributed by atoms with Gasteiger partial charge < -0.3 is 19.6 Å². The normalized spacial score (nSPS) is 11.2. The molecule has 0 fully saturated rings. The van der Waals surface area contributed by atoms with Crippen LogP contribution in [0.5, 0.6) is 5.75 Å². The second kappa shape index (κ2) is 11.3. The number of rotatable bonds is 10. The second-order valence-corrected chi connectivity index (χ2v) is 10.1. The molecule has 0 aliphatic carbocycles. The van der Waals surface area contributed by atoms with Crippen molar-refractivity contribution >= 4 is 32.5 Å². The molecule has 0 spiro atoms. The Morgan fingerprint density at radius 3 is 2.39 bits per heavy atom. The van der Waals surface area contributed by atoms with Gasteiger partial charge in [0.1, 0.15) is 12.4 Å². The molecule has 2 aromatic carbocycles. The maximum atomic E-state index is 13.7. The number of carbonyl (C=O) groups is 1. The Labute approximate surface area is 218 Å². The third-order valence-corrected chi connectivity index (χ3v) is 6.36. The molecule has 0 bridgehead atoms. The molecule has 1 N–H and O–H groups in total. The summed E-state index contributed by atoms with van der Waals surface area (Å²) in [6.07, 6.45) is 2.19. The lowest BCUT2D eigenvalue weighted by atomic mass is 10.1. The molecule has 2 aromatic heterocycles. The van der Waals surface area contributed by atoms with E-state index in [1.807, 2.05) is 18.2 Å². The van der Waals surface area contributed by atoms with E-state index >= 15 is 0 Å². The number of hydrogen-bond donors (Lipinski definition) is 1. The van der Waals surface area contributed by atoms with Gasteiger partial charge in [-0.05, 0) is 30.2 Å². The molecular formula is C26H26N4O7S. The van der Waals surface area contributed by atoms with Crippen molar-refractivity contribution in [2.45, 2.75) is 25.2 Å². The number of ether oxygens (including phenoxy) is 2. The number of benzene rings is 2. The number of nitrogens with zero attached hydrogens (tertiary/aromatic N) is 3. The van der Waals surface area contributed by atoms with Gasteiger partial charge in [0.2, 0.25) is 15.0 Å². The molecule has 4 aromatic rings. The fourth-order valence-corrected chi connectivity index (χ4v) is 4.15. The molecule has 11 nitrogen and oxygen atoms in total. The first-order valence-electron chi connectivity index (χ1n) is 11.6. The number of pyridine rings is 1. The Hall–Kier alpha value is -4.45. The molecule has 0 saturated heterocycles. The van der Waals surface area contributed by atoms with E-state index in [2.05, 4.69) is 15.3 Å². The third kappa shape index (κ3) is 5.75. The highest BCUT2D eigenvalue weighted by Gasteiger charge is 2.27. The molecule has 0 aliphatic heterocycles. The van der Waals surface area contributed by atoms with Crippen molar-refractivity contribution in [1.82, 2.24) is 14.7 Å². The molecule has 0 radical (unpaired) electrons. The quantitative estimate of drug-likeness (QED) is 0.237. The maximum Gasteiger partial charge on any atom is 0.346 e. The standard InChI is InChI=1S/C26H26N4O7S/c1-4-36-25(32)21-22(27-14-17-10-12-19(35-2)13-11-17)20-15-28-26(38(3,33)34)29-23(20)30(24(21)31)37-16-18-8-6-5-7-9-18/h5-13,15,27H,4,14,16H2,1-3H3. The first-order chi connectivity index (χ1) is 18.2. The lowest BCUT2D eigenvalue weighted by Crippen LogP contribution is -2.34. The summed E-state index contributed by atoms with van der Waals surface area (Å²) in [4.78, 5) is 40.6. The molecule has 4 rings (SSSR count). The van der Waals surface area contributed by atoms with E-state index in [-0.39, 0.29) is 42.0 Å². The van der Waals surface area contributed by atoms with E-state index in [0.717, 1.165) is 22.1 Å². The minimum absolute atomic E-state index is 0.0304. The van der Waals surface area contributed by atoms with Crippen LogP contribution in [0.2, 0.25) is 0 Å². The van der Waals surface area contributed by atoms with Crippen LogP contribution in [-0.4, -0.2) is 49.1 Å². The largest absolute Gasteiger partial charge is 0.497 e. The zero-order valence-electron chi connectivity index (χ0n) is 21.0. The SMILES string of the molecule is CCOC(=O)c1c(NCc2ccc(OC)cc2)c2cnc(S(C)(=O)=O)nc2n(OCc2ccccc2)c1=O. The second-order valence-electron chi connectivity index (χ2n) is 8.19. The molecule has 198 valence electrons. The molecular weight excluding hydrogens is 512 g/mol. The highest BCUT2D eigenvalue weighted by atomic mass is 32.2. The van der Waals surface area contributed by atoms with Crippen LogP contribution in [0.25, 0.3) is 11.0 Å². The van der Waals surface area contributed by atoms with Gasteiger partial charge in [0.15, 0.2) is 11.2 Å². The van der Waals surface area contributed by atoms with Crippen molar-refractivity contribution in [3.05, 3.63) is 87.8 Å². The Kier molecular flexibility index (Phi) is 7.91. The first-order valence-corrected chi connectivity index (χ1v) is 13.5. The molecule has 38 heavy (non-hydrogen) atoms. The fourth-order valence-electron chi connectivity index (χ4n) is 3.65. The molecule has 2 heterocycles. The lowest BCUT2D eigenvalue weighted by molar-refractivity contribution is 0.0513. The molecule has 12 heteroatoms. The Morgan fingerprint density at radius 2 is 1.76 bits per heavy atom. The number of carbonyl (C=O) groups excluding carboxylic acids is 1. The Balaban J connectivity index is 1.89. The van der Waals surface area contributed by atoms with Crippen LogP contribution in [0, 0.1) is 0 Å². The van der Waals surface area contributed by atoms with Gasteiger partial charge in [0, 0.05) is 19.0 Å². The van der Waals surface area contributed by atoms with Gasteiger partial charge in [0.25, 0.3) is 0 Å². The van der Waals surface area contributed by atoms with E-state index in [0.29, 0.717) is 5.75 Å². The summed E-state index contributed by atoms with van der Waals surface area (Å²) < 4.78 is 35.6. The van der Waals surface area contributed by atoms with Crippen molar-refractivity contribution in [2.24, 2.45) is 0 Å². The van der Waals surface area contributed by atoms with Gasteiger partial charge >= 0.3 is 11.5 Å². The van der Waals surface area contributed by atoms with Crippen LogP contribution in [0.15, 0.2) is 70.7 Å². The summed E-state index contributed by atoms with van der Waals surface area (Å²) in [6.45, 7) is 1.82. The molecule has 0 atom stereocenters. The third-order valence-electron chi connectivity index (χ3n) is 5.50. The summed E-state index contributed by atoms with van der Waals surface area (Å²) in [5, 5.41) is 2.81. The first kappa shape index (κ1) is 26.6. The number of fused-ring (bicyclic) bond motifs is 1. The highest BCUT2D eigenvalue weighted by Crippen LogP contribution is 2.26. The predicted octanol–water partition coefficient (Wildman–Crippen LogP) is 2.62. The molecule has 0 saturated carbocycles. The van der Waals surface area contributed by atoms with Crippen LogP contribution < -0.4 is 20.5 Å². The summed E-state index contributed by atoms with van der Waals surface area (Å²) in [6, 6.07) is 16.2. The van der Waals surface area contributed by atoms with Crippen LogP contribution in [-0.2, 0) is 27.7 Å². The van der Waals surface area contributed by atoms with E-state index in [1.54, 1.807) is 50.4 Å². The zero-order chi connectivity index (χ0) is 27.3. The molecule has 0 aliphatic rings. The zero-order valence-corrected chi connectivity index (χ0v) is 21.8. The van der Waals surface area contributed by atoms with Crippen molar-refractivity contribution in [3.63, 3.8) is 0 Å². The highest BCUT2D eigenvalue weighted by molar-refractivity contribution is 7.90. The van der Waals surface area contributed by atoms with Gasteiger partial charge in [-0.25, -0.2) is 18.2 Å². The molecule has 0 unspecified atom stereocenters. The van der Waals surface area contributed by atoms with E-state index in [1.165, 1.54) is 6.20 Å². The van der Waals surface area contributed by atoms with Gasteiger partial charge in [-0.2, -0.15) is 4.98 Å². The number of nitrogens with one attached hydrogen (secondary N) is 1. The summed E-state index contributed by atoms with van der Waals surface area (Å²) in [5.41, 5.74) is 0.362. The van der Waals surface area contributed by atoms with E-state index in [9.17, 15) is 18.0 Å². The van der Waals surface area contributed by atoms with Crippen molar-refractivity contribution in [2.75, 3.05) is 25.3 Å². The van der Waals surface area contributed by atoms with E-state index < -0.39 is 26.5 Å². The van der Waals surface area contributed by atoms with Crippen LogP contribution in [0.3, 0.4) is 0 Å². The van der Waals surface area contributed by atoms with E-state index in [4.69, 9.17) is 14.3 Å². The number of anilines is 1. The lowest BCUT2D eigenvalue weighted by Gasteiger charge is -2.18. The van der Waals surface area contributed by atoms with Gasteiger partial charge in [-0.3, -0.25) is 4.79 Å². The summed E-state index contributed by atoms with van der Waals surface area (Å²) >= 11 is 0. The monoisotopic (exact) mass is 538 g/mol.